The summed E-state index contributed by atoms with van der Waals surface area (Å²) >= 11 is 0. The molecule has 0 fully saturated rings. The van der Waals surface area contributed by atoms with E-state index >= 15 is 0 Å². The molecule has 0 saturated carbocycles. The molecule has 0 unspecified atom stereocenters. The molecule has 176 valence electrons. The molecule has 4 aromatic rings. The molecule has 0 aliphatic carbocycles. The van der Waals surface area contributed by atoms with Crippen molar-refractivity contribution >= 4 is 17.6 Å². The number of nitro groups is 1. The summed E-state index contributed by atoms with van der Waals surface area (Å²) in [6, 6.07) is 25.1. The Morgan fingerprint density at radius 3 is 2.14 bits per heavy atom. The first-order valence-corrected chi connectivity index (χ1v) is 10.3. The molecule has 0 saturated heterocycles. The number of halogens is 3. The van der Waals surface area contributed by atoms with Gasteiger partial charge in [0.2, 0.25) is 5.75 Å². The van der Waals surface area contributed by atoms with E-state index in [9.17, 15) is 23.3 Å². The Morgan fingerprint density at radius 2 is 1.46 bits per heavy atom. The van der Waals surface area contributed by atoms with E-state index < -0.39 is 22.4 Å². The molecule has 35 heavy (non-hydrogen) atoms. The highest BCUT2D eigenvalue weighted by molar-refractivity contribution is 5.82. The van der Waals surface area contributed by atoms with E-state index in [0.717, 1.165) is 12.1 Å². The molecule has 0 heterocycles. The van der Waals surface area contributed by atoms with Gasteiger partial charge in [-0.15, -0.1) is 0 Å². The summed E-state index contributed by atoms with van der Waals surface area (Å²) in [5, 5.41) is 11.3. The summed E-state index contributed by atoms with van der Waals surface area (Å²) in [6.45, 7) is 0. The van der Waals surface area contributed by atoms with Crippen molar-refractivity contribution in [3.8, 4) is 23.0 Å². The summed E-state index contributed by atoms with van der Waals surface area (Å²) in [6.07, 6.45) is -3.13. The normalized spacial score (nSPS) is 11.4. The molecule has 0 N–H and O–H groups in total. The van der Waals surface area contributed by atoms with Gasteiger partial charge >= 0.3 is 11.9 Å². The molecule has 9 heteroatoms. The lowest BCUT2D eigenvalue weighted by atomic mass is 10.1. The van der Waals surface area contributed by atoms with Crippen LogP contribution in [-0.4, -0.2) is 11.1 Å². The zero-order valence-electron chi connectivity index (χ0n) is 18.0. The zero-order chi connectivity index (χ0) is 24.8. The van der Waals surface area contributed by atoms with Gasteiger partial charge < -0.3 is 9.47 Å². The standard InChI is InChI=1S/C26H17F3N2O4/c27-26(28,29)19-9-14-25(24(16-19)31(32)33)35-23-8-4-5-18(15-23)17-30-20-10-12-22(13-11-20)34-21-6-2-1-3-7-21/h1-17H. The number of para-hydroxylation sites is 1. The summed E-state index contributed by atoms with van der Waals surface area (Å²) in [5.74, 6) is 1.28. The molecule has 0 aromatic heterocycles. The van der Waals surface area contributed by atoms with Gasteiger partial charge in [-0.05, 0) is 66.2 Å². The fourth-order valence-corrected chi connectivity index (χ4v) is 3.08. The Labute approximate surface area is 198 Å². The van der Waals surface area contributed by atoms with Crippen LogP contribution in [0.15, 0.2) is 102 Å². The van der Waals surface area contributed by atoms with Gasteiger partial charge in [0.05, 0.1) is 16.2 Å². The van der Waals surface area contributed by atoms with E-state index in [2.05, 4.69) is 4.99 Å². The van der Waals surface area contributed by atoms with E-state index in [-0.39, 0.29) is 11.5 Å². The van der Waals surface area contributed by atoms with Crippen molar-refractivity contribution < 1.29 is 27.6 Å². The van der Waals surface area contributed by atoms with Gasteiger partial charge in [-0.1, -0.05) is 30.3 Å². The average Bonchev–Trinajstić information content (AvgIpc) is 2.84. The Hall–Kier alpha value is -4.66. The molecular weight excluding hydrogens is 461 g/mol. The fraction of sp³-hybridized carbons (Fsp3) is 0.0385. The molecule has 4 rings (SSSR count). The topological polar surface area (TPSA) is 74.0 Å². The minimum absolute atomic E-state index is 0.211. The highest BCUT2D eigenvalue weighted by atomic mass is 19.4. The lowest BCUT2D eigenvalue weighted by Crippen LogP contribution is -2.06. The number of ether oxygens (including phenoxy) is 2. The van der Waals surface area contributed by atoms with Gasteiger partial charge in [-0.2, -0.15) is 13.2 Å². The Bertz CT molecular complexity index is 1360. The second-order valence-corrected chi connectivity index (χ2v) is 7.28. The SMILES string of the molecule is O=[N+]([O-])c1cc(C(F)(F)F)ccc1Oc1cccc(C=Nc2ccc(Oc3ccccc3)cc2)c1. The number of nitro benzene ring substituents is 1. The molecule has 0 atom stereocenters. The van der Waals surface area contributed by atoms with E-state index in [0.29, 0.717) is 28.8 Å². The van der Waals surface area contributed by atoms with Crippen LogP contribution >= 0.6 is 0 Å². The number of hydrogen-bond acceptors (Lipinski definition) is 5. The van der Waals surface area contributed by atoms with Gasteiger partial charge in [0.1, 0.15) is 17.2 Å². The Balaban J connectivity index is 1.47. The fourth-order valence-electron chi connectivity index (χ4n) is 3.08. The van der Waals surface area contributed by atoms with E-state index in [4.69, 9.17) is 9.47 Å². The molecule has 0 bridgehead atoms. The quantitative estimate of drug-likeness (QED) is 0.153. The minimum Gasteiger partial charge on any atom is -0.457 e. The van der Waals surface area contributed by atoms with Gasteiger partial charge in [-0.3, -0.25) is 15.1 Å². The van der Waals surface area contributed by atoms with Crippen molar-refractivity contribution in [2.45, 2.75) is 6.18 Å². The van der Waals surface area contributed by atoms with Crippen LogP contribution in [0.1, 0.15) is 11.1 Å². The predicted octanol–water partition coefficient (Wildman–Crippen LogP) is 7.95. The van der Waals surface area contributed by atoms with Crippen molar-refractivity contribution in [3.05, 3.63) is 118 Å². The highest BCUT2D eigenvalue weighted by Crippen LogP contribution is 2.38. The molecule has 0 aliphatic heterocycles. The van der Waals surface area contributed by atoms with Crippen LogP contribution in [-0.2, 0) is 6.18 Å². The molecule has 0 spiro atoms. The smallest absolute Gasteiger partial charge is 0.416 e. The van der Waals surface area contributed by atoms with Crippen LogP contribution < -0.4 is 9.47 Å². The predicted molar refractivity (Wildman–Crippen MR) is 125 cm³/mol. The molecule has 0 radical (unpaired) electrons. The van der Waals surface area contributed by atoms with Gasteiger partial charge in [0.25, 0.3) is 0 Å². The van der Waals surface area contributed by atoms with Crippen molar-refractivity contribution in [2.75, 3.05) is 0 Å². The number of hydrogen-bond donors (Lipinski definition) is 0. The van der Waals surface area contributed by atoms with Crippen LogP contribution in [0.25, 0.3) is 0 Å². The van der Waals surface area contributed by atoms with Crippen LogP contribution in [0.4, 0.5) is 24.5 Å². The van der Waals surface area contributed by atoms with Crippen molar-refractivity contribution in [2.24, 2.45) is 4.99 Å². The maximum Gasteiger partial charge on any atom is 0.416 e. The molecular formula is C26H17F3N2O4. The van der Waals surface area contributed by atoms with Gasteiger partial charge in [0, 0.05) is 12.3 Å². The zero-order valence-corrected chi connectivity index (χ0v) is 18.0. The Morgan fingerprint density at radius 1 is 0.771 bits per heavy atom. The maximum absolute atomic E-state index is 12.9. The first-order valence-electron chi connectivity index (χ1n) is 10.3. The number of rotatable bonds is 7. The average molecular weight is 478 g/mol. The molecule has 0 amide bonds. The van der Waals surface area contributed by atoms with Gasteiger partial charge in [-0.25, -0.2) is 0 Å². The third kappa shape index (κ3) is 6.23. The number of aliphatic imine (C=N–C) groups is 1. The summed E-state index contributed by atoms with van der Waals surface area (Å²) in [5.41, 5.74) is -0.619. The van der Waals surface area contributed by atoms with E-state index in [1.54, 1.807) is 48.7 Å². The number of alkyl halides is 3. The van der Waals surface area contributed by atoms with Crippen molar-refractivity contribution in [1.29, 1.82) is 0 Å². The summed E-state index contributed by atoms with van der Waals surface area (Å²) in [7, 11) is 0. The lowest BCUT2D eigenvalue weighted by molar-refractivity contribution is -0.385. The molecule has 6 nitrogen and oxygen atoms in total. The molecule has 4 aromatic carbocycles. The van der Waals surface area contributed by atoms with Crippen LogP contribution in [0.5, 0.6) is 23.0 Å². The largest absolute Gasteiger partial charge is 0.457 e. The van der Waals surface area contributed by atoms with Crippen molar-refractivity contribution in [3.63, 3.8) is 0 Å². The highest BCUT2D eigenvalue weighted by Gasteiger charge is 2.33. The first-order chi connectivity index (χ1) is 16.8. The second kappa shape index (κ2) is 10.1. The third-order valence-corrected chi connectivity index (χ3v) is 4.75. The first kappa shape index (κ1) is 23.5. The summed E-state index contributed by atoms with van der Waals surface area (Å²) < 4.78 is 50.0. The number of nitrogens with zero attached hydrogens (tertiary/aromatic N) is 2. The van der Waals surface area contributed by atoms with Crippen LogP contribution in [0.3, 0.4) is 0 Å². The summed E-state index contributed by atoms with van der Waals surface area (Å²) in [4.78, 5) is 14.7. The maximum atomic E-state index is 12.9. The lowest BCUT2D eigenvalue weighted by Gasteiger charge is -2.10. The van der Waals surface area contributed by atoms with Crippen molar-refractivity contribution in [1.82, 2.24) is 0 Å². The monoisotopic (exact) mass is 478 g/mol. The van der Waals surface area contributed by atoms with E-state index in [1.165, 1.54) is 6.07 Å². The minimum atomic E-state index is -4.70. The van der Waals surface area contributed by atoms with Crippen LogP contribution in [0.2, 0.25) is 0 Å². The van der Waals surface area contributed by atoms with Crippen LogP contribution in [0, 0.1) is 10.1 Å². The third-order valence-electron chi connectivity index (χ3n) is 4.75. The van der Waals surface area contributed by atoms with E-state index in [1.807, 2.05) is 30.3 Å². The number of benzene rings is 4. The second-order valence-electron chi connectivity index (χ2n) is 7.28. The molecule has 0 aliphatic rings. The Kier molecular flexibility index (Phi) is 6.77. The van der Waals surface area contributed by atoms with Gasteiger partial charge in [0.15, 0.2) is 0 Å².